The standard InChI is InChI=1S/C9H14N4/c10-9(11)13-12-5-8-4-6-1-2-7(8)3-6/h1-2,5-8H,3-4H2,(H4,10,11,13)/b12-5+. The first-order chi connectivity index (χ1) is 6.25. The van der Waals surface area contributed by atoms with Crippen LogP contribution in [0.1, 0.15) is 12.8 Å². The number of fused-ring (bicyclic) bond motifs is 2. The third-order valence-corrected chi connectivity index (χ3v) is 2.76. The lowest BCUT2D eigenvalue weighted by atomic mass is 9.95. The SMILES string of the molecule is NC(N)=N/N=C/C1CC2C=CC1C2. The fourth-order valence-electron chi connectivity index (χ4n) is 2.18. The zero-order chi connectivity index (χ0) is 9.26. The van der Waals surface area contributed by atoms with Gasteiger partial charge in [0.15, 0.2) is 0 Å². The van der Waals surface area contributed by atoms with Gasteiger partial charge in [0.05, 0.1) is 0 Å². The summed E-state index contributed by atoms with van der Waals surface area (Å²) in [7, 11) is 0. The molecule has 13 heavy (non-hydrogen) atoms. The third kappa shape index (κ3) is 1.71. The van der Waals surface area contributed by atoms with Crippen LogP contribution in [0.25, 0.3) is 0 Å². The van der Waals surface area contributed by atoms with Crippen LogP contribution in [-0.4, -0.2) is 12.2 Å². The van der Waals surface area contributed by atoms with Gasteiger partial charge < -0.3 is 11.5 Å². The number of hydrogen-bond acceptors (Lipinski definition) is 2. The first-order valence-electron chi connectivity index (χ1n) is 4.56. The van der Waals surface area contributed by atoms with Crippen LogP contribution < -0.4 is 11.5 Å². The van der Waals surface area contributed by atoms with Crippen LogP contribution in [-0.2, 0) is 0 Å². The topological polar surface area (TPSA) is 76.8 Å². The van der Waals surface area contributed by atoms with Gasteiger partial charge in [-0.3, -0.25) is 0 Å². The Balaban J connectivity index is 1.94. The maximum Gasteiger partial charge on any atom is 0.211 e. The lowest BCUT2D eigenvalue weighted by Gasteiger charge is -2.10. The highest BCUT2D eigenvalue weighted by atomic mass is 15.3. The highest BCUT2D eigenvalue weighted by Gasteiger charge is 2.34. The Kier molecular flexibility index (Phi) is 2.04. The van der Waals surface area contributed by atoms with Crippen molar-refractivity contribution in [2.45, 2.75) is 12.8 Å². The molecule has 0 aromatic heterocycles. The van der Waals surface area contributed by atoms with E-state index in [4.69, 9.17) is 11.5 Å². The van der Waals surface area contributed by atoms with Gasteiger partial charge >= 0.3 is 0 Å². The van der Waals surface area contributed by atoms with E-state index in [1.54, 1.807) is 0 Å². The predicted octanol–water partition coefficient (Wildman–Crippen LogP) is 0.458. The van der Waals surface area contributed by atoms with Crippen LogP contribution in [0.3, 0.4) is 0 Å². The molecule has 4 nitrogen and oxygen atoms in total. The van der Waals surface area contributed by atoms with Crippen molar-refractivity contribution in [3.05, 3.63) is 12.2 Å². The molecule has 0 heterocycles. The maximum atomic E-state index is 5.15. The zero-order valence-corrected chi connectivity index (χ0v) is 7.43. The van der Waals surface area contributed by atoms with Gasteiger partial charge in [-0.2, -0.15) is 5.10 Å². The second-order valence-corrected chi connectivity index (χ2v) is 3.73. The summed E-state index contributed by atoms with van der Waals surface area (Å²) in [5.74, 6) is 2.00. The zero-order valence-electron chi connectivity index (χ0n) is 7.43. The quantitative estimate of drug-likeness (QED) is 0.279. The second-order valence-electron chi connectivity index (χ2n) is 3.73. The molecular weight excluding hydrogens is 164 g/mol. The number of nitrogens with zero attached hydrogens (tertiary/aromatic N) is 2. The normalized spacial score (nSPS) is 35.8. The number of rotatable bonds is 2. The minimum absolute atomic E-state index is 0.0231. The Morgan fingerprint density at radius 2 is 2.15 bits per heavy atom. The van der Waals surface area contributed by atoms with Gasteiger partial charge in [-0.05, 0) is 24.7 Å². The van der Waals surface area contributed by atoms with E-state index in [2.05, 4.69) is 22.4 Å². The summed E-state index contributed by atoms with van der Waals surface area (Å²) in [5, 5.41) is 7.44. The summed E-state index contributed by atoms with van der Waals surface area (Å²) >= 11 is 0. The molecule has 2 aliphatic carbocycles. The molecule has 1 saturated carbocycles. The minimum Gasteiger partial charge on any atom is -0.369 e. The Morgan fingerprint density at radius 1 is 1.31 bits per heavy atom. The van der Waals surface area contributed by atoms with Gasteiger partial charge in [0.2, 0.25) is 5.96 Å². The van der Waals surface area contributed by atoms with E-state index in [0.717, 1.165) is 5.92 Å². The average molecular weight is 178 g/mol. The molecule has 0 saturated heterocycles. The van der Waals surface area contributed by atoms with E-state index in [1.807, 2.05) is 6.21 Å². The minimum atomic E-state index is 0.0231. The highest BCUT2D eigenvalue weighted by Crippen LogP contribution is 2.42. The second kappa shape index (κ2) is 3.20. The lowest BCUT2D eigenvalue weighted by molar-refractivity contribution is 0.593. The number of allylic oxidation sites excluding steroid dienone is 2. The van der Waals surface area contributed by atoms with Crippen LogP contribution in [0.15, 0.2) is 22.4 Å². The molecule has 4 heteroatoms. The van der Waals surface area contributed by atoms with Crippen LogP contribution in [0.2, 0.25) is 0 Å². The Bertz CT molecular complexity index is 275. The third-order valence-electron chi connectivity index (χ3n) is 2.76. The Morgan fingerprint density at radius 3 is 2.69 bits per heavy atom. The molecular formula is C9H14N4. The average Bonchev–Trinajstić information content (AvgIpc) is 2.64. The highest BCUT2D eigenvalue weighted by molar-refractivity contribution is 5.76. The monoisotopic (exact) mass is 178 g/mol. The first kappa shape index (κ1) is 8.29. The molecule has 0 amide bonds. The predicted molar refractivity (Wildman–Crippen MR) is 53.1 cm³/mol. The molecule has 1 fully saturated rings. The summed E-state index contributed by atoms with van der Waals surface area (Å²) < 4.78 is 0. The summed E-state index contributed by atoms with van der Waals surface area (Å²) in [5.41, 5.74) is 10.3. The number of hydrogen-bond donors (Lipinski definition) is 2. The van der Waals surface area contributed by atoms with Crippen LogP contribution in [0.4, 0.5) is 0 Å². The summed E-state index contributed by atoms with van der Waals surface area (Å²) in [4.78, 5) is 0. The van der Waals surface area contributed by atoms with Crippen molar-refractivity contribution in [2.24, 2.45) is 39.4 Å². The van der Waals surface area contributed by atoms with Gasteiger partial charge in [0, 0.05) is 12.1 Å². The van der Waals surface area contributed by atoms with E-state index in [-0.39, 0.29) is 5.96 Å². The lowest BCUT2D eigenvalue weighted by Crippen LogP contribution is -2.22. The van der Waals surface area contributed by atoms with Crippen molar-refractivity contribution in [1.82, 2.24) is 0 Å². The summed E-state index contributed by atoms with van der Waals surface area (Å²) in [6.45, 7) is 0. The van der Waals surface area contributed by atoms with Gasteiger partial charge in [-0.15, -0.1) is 5.10 Å². The molecule has 2 rings (SSSR count). The van der Waals surface area contributed by atoms with Crippen LogP contribution >= 0.6 is 0 Å². The Hall–Kier alpha value is -1.32. The van der Waals surface area contributed by atoms with Crippen molar-refractivity contribution in [2.75, 3.05) is 0 Å². The molecule has 0 spiro atoms. The molecule has 0 radical (unpaired) electrons. The van der Waals surface area contributed by atoms with Crippen LogP contribution in [0, 0.1) is 17.8 Å². The Labute approximate surface area is 77.4 Å². The molecule has 3 atom stereocenters. The molecule has 0 aliphatic heterocycles. The fraction of sp³-hybridized carbons (Fsp3) is 0.556. The molecule has 0 aromatic carbocycles. The number of nitrogens with two attached hydrogens (primary N) is 2. The maximum absolute atomic E-state index is 5.15. The van der Waals surface area contributed by atoms with E-state index < -0.39 is 0 Å². The molecule has 0 aromatic rings. The molecule has 2 aliphatic rings. The smallest absolute Gasteiger partial charge is 0.211 e. The largest absolute Gasteiger partial charge is 0.369 e. The van der Waals surface area contributed by atoms with Gasteiger partial charge in [0.25, 0.3) is 0 Å². The summed E-state index contributed by atoms with van der Waals surface area (Å²) in [6.07, 6.45) is 8.92. The van der Waals surface area contributed by atoms with E-state index in [1.165, 1.54) is 12.8 Å². The number of guanidine groups is 1. The van der Waals surface area contributed by atoms with Crippen molar-refractivity contribution >= 4 is 12.2 Å². The van der Waals surface area contributed by atoms with Crippen molar-refractivity contribution in [1.29, 1.82) is 0 Å². The summed E-state index contributed by atoms with van der Waals surface area (Å²) in [6, 6.07) is 0. The van der Waals surface area contributed by atoms with Crippen molar-refractivity contribution < 1.29 is 0 Å². The van der Waals surface area contributed by atoms with Crippen LogP contribution in [0.5, 0.6) is 0 Å². The van der Waals surface area contributed by atoms with E-state index in [0.29, 0.717) is 11.8 Å². The van der Waals surface area contributed by atoms with Gasteiger partial charge in [-0.25, -0.2) is 0 Å². The van der Waals surface area contributed by atoms with E-state index >= 15 is 0 Å². The molecule has 4 N–H and O–H groups in total. The molecule has 70 valence electrons. The molecule has 3 unspecified atom stereocenters. The van der Waals surface area contributed by atoms with Crippen molar-refractivity contribution in [3.8, 4) is 0 Å². The fourth-order valence-corrected chi connectivity index (χ4v) is 2.18. The van der Waals surface area contributed by atoms with Gasteiger partial charge in [0.1, 0.15) is 0 Å². The van der Waals surface area contributed by atoms with E-state index in [9.17, 15) is 0 Å². The van der Waals surface area contributed by atoms with Crippen molar-refractivity contribution in [3.63, 3.8) is 0 Å². The first-order valence-corrected chi connectivity index (χ1v) is 4.56. The molecule has 2 bridgehead atoms. The van der Waals surface area contributed by atoms with Gasteiger partial charge in [-0.1, -0.05) is 12.2 Å².